The van der Waals surface area contributed by atoms with Gasteiger partial charge in [-0.15, -0.1) is 0 Å². The Balaban J connectivity index is 1.75. The first-order valence-electron chi connectivity index (χ1n) is 5.37. The van der Waals surface area contributed by atoms with Crippen LogP contribution in [0.15, 0.2) is 16.8 Å². The van der Waals surface area contributed by atoms with E-state index in [1.807, 2.05) is 0 Å². The lowest BCUT2D eigenvalue weighted by atomic mass is 10.1. The normalized spacial score (nSPS) is 23.6. The average molecular weight is 210 g/mol. The minimum absolute atomic E-state index is 0.570. The monoisotopic (exact) mass is 210 g/mol. The Hall–Kier alpha value is -0.540. The third kappa shape index (κ3) is 2.72. The third-order valence-electron chi connectivity index (χ3n) is 2.73. The predicted octanol–water partition coefficient (Wildman–Crippen LogP) is 2.69. The van der Waals surface area contributed by atoms with E-state index in [4.69, 9.17) is 0 Å². The standard InChI is InChI=1S/C11H18N2S/c1-9(7-10-3-2-5-12-10)13-11-4-6-14-8-11/h4,6,8-10,12-13H,2-3,5,7H2,1H3. The zero-order chi connectivity index (χ0) is 9.80. The van der Waals surface area contributed by atoms with Crippen LogP contribution < -0.4 is 10.6 Å². The smallest absolute Gasteiger partial charge is 0.0450 e. The summed E-state index contributed by atoms with van der Waals surface area (Å²) in [4.78, 5) is 0. The van der Waals surface area contributed by atoms with Crippen molar-refractivity contribution in [1.29, 1.82) is 0 Å². The molecule has 2 N–H and O–H groups in total. The van der Waals surface area contributed by atoms with Crippen LogP contribution >= 0.6 is 11.3 Å². The second-order valence-electron chi connectivity index (χ2n) is 4.09. The molecule has 0 saturated carbocycles. The zero-order valence-electron chi connectivity index (χ0n) is 8.62. The molecule has 1 aliphatic rings. The molecule has 0 amide bonds. The Bertz CT molecular complexity index is 252. The van der Waals surface area contributed by atoms with E-state index in [1.165, 1.54) is 31.5 Å². The maximum Gasteiger partial charge on any atom is 0.0450 e. The van der Waals surface area contributed by atoms with Gasteiger partial charge in [-0.25, -0.2) is 0 Å². The van der Waals surface area contributed by atoms with Gasteiger partial charge >= 0.3 is 0 Å². The molecule has 1 aromatic heterocycles. The van der Waals surface area contributed by atoms with Crippen LogP contribution in [0, 0.1) is 0 Å². The summed E-state index contributed by atoms with van der Waals surface area (Å²) >= 11 is 1.75. The maximum absolute atomic E-state index is 3.53. The fourth-order valence-corrected chi connectivity index (χ4v) is 2.67. The summed E-state index contributed by atoms with van der Waals surface area (Å²) in [6.07, 6.45) is 3.92. The van der Waals surface area contributed by atoms with Crippen LogP contribution in [-0.4, -0.2) is 18.6 Å². The number of hydrogen-bond acceptors (Lipinski definition) is 3. The van der Waals surface area contributed by atoms with Crippen LogP contribution in [0.3, 0.4) is 0 Å². The van der Waals surface area contributed by atoms with Gasteiger partial charge in [-0.2, -0.15) is 11.3 Å². The Labute approximate surface area is 89.7 Å². The summed E-state index contributed by atoms with van der Waals surface area (Å²) in [5.41, 5.74) is 1.26. The number of thiophene rings is 1. The molecule has 1 fully saturated rings. The van der Waals surface area contributed by atoms with E-state index in [-0.39, 0.29) is 0 Å². The van der Waals surface area contributed by atoms with Crippen LogP contribution in [0.5, 0.6) is 0 Å². The lowest BCUT2D eigenvalue weighted by molar-refractivity contribution is 0.523. The quantitative estimate of drug-likeness (QED) is 0.798. The molecule has 0 bridgehead atoms. The van der Waals surface area contributed by atoms with E-state index in [1.54, 1.807) is 11.3 Å². The maximum atomic E-state index is 3.53. The summed E-state index contributed by atoms with van der Waals surface area (Å²) in [6, 6.07) is 3.44. The molecule has 0 radical (unpaired) electrons. The highest BCUT2D eigenvalue weighted by Gasteiger charge is 2.16. The van der Waals surface area contributed by atoms with Gasteiger partial charge in [0.1, 0.15) is 0 Å². The van der Waals surface area contributed by atoms with E-state index >= 15 is 0 Å². The second-order valence-corrected chi connectivity index (χ2v) is 4.87. The molecule has 2 rings (SSSR count). The van der Waals surface area contributed by atoms with E-state index in [0.29, 0.717) is 6.04 Å². The SMILES string of the molecule is CC(CC1CCCN1)Nc1ccsc1. The Morgan fingerprint density at radius 1 is 1.71 bits per heavy atom. The number of hydrogen-bond donors (Lipinski definition) is 2. The van der Waals surface area contributed by atoms with Gasteiger partial charge in [0.05, 0.1) is 0 Å². The van der Waals surface area contributed by atoms with Crippen molar-refractivity contribution in [3.8, 4) is 0 Å². The van der Waals surface area contributed by atoms with E-state index in [9.17, 15) is 0 Å². The van der Waals surface area contributed by atoms with Crippen molar-refractivity contribution in [2.45, 2.75) is 38.3 Å². The summed E-state index contributed by atoms with van der Waals surface area (Å²) in [5, 5.41) is 11.3. The molecule has 2 atom stereocenters. The van der Waals surface area contributed by atoms with Gasteiger partial charge in [0.25, 0.3) is 0 Å². The molecule has 14 heavy (non-hydrogen) atoms. The van der Waals surface area contributed by atoms with Gasteiger partial charge in [-0.05, 0) is 44.2 Å². The molecular weight excluding hydrogens is 192 g/mol. The van der Waals surface area contributed by atoms with Crippen LogP contribution in [0.1, 0.15) is 26.2 Å². The molecule has 1 aliphatic heterocycles. The molecule has 1 aromatic rings. The number of anilines is 1. The summed E-state index contributed by atoms with van der Waals surface area (Å²) in [6.45, 7) is 3.47. The fourth-order valence-electron chi connectivity index (χ4n) is 2.07. The van der Waals surface area contributed by atoms with Crippen molar-refractivity contribution >= 4 is 17.0 Å². The van der Waals surface area contributed by atoms with Gasteiger partial charge in [0.15, 0.2) is 0 Å². The first kappa shape index (κ1) is 9.99. The number of nitrogens with one attached hydrogen (secondary N) is 2. The molecule has 2 unspecified atom stereocenters. The molecule has 2 nitrogen and oxygen atoms in total. The van der Waals surface area contributed by atoms with Crippen molar-refractivity contribution < 1.29 is 0 Å². The molecule has 2 heterocycles. The van der Waals surface area contributed by atoms with Crippen molar-refractivity contribution in [1.82, 2.24) is 5.32 Å². The Kier molecular flexibility index (Phi) is 3.43. The van der Waals surface area contributed by atoms with E-state index in [2.05, 4.69) is 34.4 Å². The minimum Gasteiger partial charge on any atom is -0.382 e. The molecule has 3 heteroatoms. The molecule has 0 aromatic carbocycles. The molecule has 1 saturated heterocycles. The van der Waals surface area contributed by atoms with Crippen molar-refractivity contribution in [2.24, 2.45) is 0 Å². The van der Waals surface area contributed by atoms with Crippen LogP contribution in [-0.2, 0) is 0 Å². The van der Waals surface area contributed by atoms with Crippen molar-refractivity contribution in [3.05, 3.63) is 16.8 Å². The molecular formula is C11H18N2S. The van der Waals surface area contributed by atoms with Gasteiger partial charge in [-0.3, -0.25) is 0 Å². The second kappa shape index (κ2) is 4.80. The van der Waals surface area contributed by atoms with E-state index in [0.717, 1.165) is 6.04 Å². The predicted molar refractivity (Wildman–Crippen MR) is 63.0 cm³/mol. The van der Waals surface area contributed by atoms with Crippen LogP contribution in [0.25, 0.3) is 0 Å². The highest BCUT2D eigenvalue weighted by molar-refractivity contribution is 7.08. The largest absolute Gasteiger partial charge is 0.382 e. The number of rotatable bonds is 4. The summed E-state index contributed by atoms with van der Waals surface area (Å²) in [7, 11) is 0. The Morgan fingerprint density at radius 3 is 3.29 bits per heavy atom. The van der Waals surface area contributed by atoms with Crippen LogP contribution in [0.4, 0.5) is 5.69 Å². The minimum atomic E-state index is 0.570. The first-order valence-corrected chi connectivity index (χ1v) is 6.31. The summed E-state index contributed by atoms with van der Waals surface area (Å²) in [5.74, 6) is 0. The molecule has 0 aliphatic carbocycles. The van der Waals surface area contributed by atoms with E-state index < -0.39 is 0 Å². The summed E-state index contributed by atoms with van der Waals surface area (Å²) < 4.78 is 0. The lowest BCUT2D eigenvalue weighted by Gasteiger charge is -2.18. The lowest BCUT2D eigenvalue weighted by Crippen LogP contribution is -2.28. The third-order valence-corrected chi connectivity index (χ3v) is 3.42. The first-order chi connectivity index (χ1) is 6.84. The fraction of sp³-hybridized carbons (Fsp3) is 0.636. The van der Waals surface area contributed by atoms with Gasteiger partial charge < -0.3 is 10.6 Å². The van der Waals surface area contributed by atoms with Crippen molar-refractivity contribution in [2.75, 3.05) is 11.9 Å². The topological polar surface area (TPSA) is 24.1 Å². The highest BCUT2D eigenvalue weighted by atomic mass is 32.1. The van der Waals surface area contributed by atoms with Gasteiger partial charge in [0.2, 0.25) is 0 Å². The zero-order valence-corrected chi connectivity index (χ0v) is 9.44. The van der Waals surface area contributed by atoms with Crippen LogP contribution in [0.2, 0.25) is 0 Å². The molecule has 0 spiro atoms. The average Bonchev–Trinajstić information content (AvgIpc) is 2.76. The molecule has 78 valence electrons. The highest BCUT2D eigenvalue weighted by Crippen LogP contribution is 2.17. The van der Waals surface area contributed by atoms with Crippen molar-refractivity contribution in [3.63, 3.8) is 0 Å². The Morgan fingerprint density at radius 2 is 2.64 bits per heavy atom. The van der Waals surface area contributed by atoms with Gasteiger partial charge in [-0.1, -0.05) is 0 Å². The van der Waals surface area contributed by atoms with Gasteiger partial charge in [0, 0.05) is 23.2 Å².